The van der Waals surface area contributed by atoms with Gasteiger partial charge in [-0.1, -0.05) is 12.1 Å². The average molecular weight is 386 g/mol. The minimum atomic E-state index is -0.309. The maximum atomic E-state index is 13.0. The second-order valence-corrected chi connectivity index (χ2v) is 6.71. The topological polar surface area (TPSA) is 60.5 Å². The lowest BCUT2D eigenvalue weighted by Crippen LogP contribution is -2.26. The van der Waals surface area contributed by atoms with Gasteiger partial charge in [0, 0.05) is 10.9 Å². The first-order valence-electron chi connectivity index (χ1n) is 8.26. The van der Waals surface area contributed by atoms with Gasteiger partial charge >= 0.3 is 0 Å². The third-order valence-electron chi connectivity index (χ3n) is 4.08. The van der Waals surface area contributed by atoms with Crippen molar-refractivity contribution in [3.05, 3.63) is 64.9 Å². The SMILES string of the molecule is COc1ccc(-c2nc(C(=O)N[C@H](C)c3ccc(F)cc3)cs2)cc1OC. The van der Waals surface area contributed by atoms with E-state index < -0.39 is 0 Å². The van der Waals surface area contributed by atoms with Crippen molar-refractivity contribution in [3.8, 4) is 22.1 Å². The highest BCUT2D eigenvalue weighted by Crippen LogP contribution is 2.33. The second kappa shape index (κ2) is 8.18. The number of carbonyl (C=O) groups excluding carboxylic acids is 1. The van der Waals surface area contributed by atoms with Crippen LogP contribution in [0.5, 0.6) is 11.5 Å². The fourth-order valence-electron chi connectivity index (χ4n) is 2.59. The lowest BCUT2D eigenvalue weighted by molar-refractivity contribution is 0.0935. The number of hydrogen-bond donors (Lipinski definition) is 1. The van der Waals surface area contributed by atoms with Gasteiger partial charge in [0.1, 0.15) is 16.5 Å². The van der Waals surface area contributed by atoms with E-state index >= 15 is 0 Å². The molecule has 2 aromatic carbocycles. The molecular formula is C20H19FN2O3S. The number of rotatable bonds is 6. The molecule has 0 spiro atoms. The lowest BCUT2D eigenvalue weighted by atomic mass is 10.1. The van der Waals surface area contributed by atoms with Crippen LogP contribution in [0.3, 0.4) is 0 Å². The van der Waals surface area contributed by atoms with Crippen LogP contribution in [0.25, 0.3) is 10.6 Å². The van der Waals surface area contributed by atoms with Gasteiger partial charge in [0.2, 0.25) is 0 Å². The zero-order chi connectivity index (χ0) is 19.4. The molecule has 0 unspecified atom stereocenters. The summed E-state index contributed by atoms with van der Waals surface area (Å²) in [5.74, 6) is 0.635. The van der Waals surface area contributed by atoms with E-state index in [1.165, 1.54) is 23.5 Å². The molecule has 7 heteroatoms. The fourth-order valence-corrected chi connectivity index (χ4v) is 3.38. The van der Waals surface area contributed by atoms with E-state index in [1.54, 1.807) is 37.8 Å². The first-order valence-corrected chi connectivity index (χ1v) is 9.14. The molecule has 0 radical (unpaired) electrons. The summed E-state index contributed by atoms with van der Waals surface area (Å²) in [5, 5.41) is 5.29. The number of benzene rings is 2. The summed E-state index contributed by atoms with van der Waals surface area (Å²) in [4.78, 5) is 16.9. The van der Waals surface area contributed by atoms with Gasteiger partial charge in [-0.25, -0.2) is 9.37 Å². The van der Waals surface area contributed by atoms with E-state index in [0.29, 0.717) is 22.2 Å². The number of carbonyl (C=O) groups is 1. The molecule has 3 aromatic rings. The van der Waals surface area contributed by atoms with Crippen LogP contribution in [0.15, 0.2) is 47.8 Å². The monoisotopic (exact) mass is 386 g/mol. The van der Waals surface area contributed by atoms with Crippen molar-refractivity contribution in [1.29, 1.82) is 0 Å². The zero-order valence-corrected chi connectivity index (χ0v) is 16.0. The molecule has 140 valence electrons. The van der Waals surface area contributed by atoms with Crippen LogP contribution in [0.4, 0.5) is 4.39 Å². The molecule has 0 saturated heterocycles. The molecule has 1 aromatic heterocycles. The molecule has 0 aliphatic rings. The molecule has 5 nitrogen and oxygen atoms in total. The number of halogens is 1. The van der Waals surface area contributed by atoms with Crippen LogP contribution >= 0.6 is 11.3 Å². The summed E-state index contributed by atoms with van der Waals surface area (Å²) >= 11 is 1.37. The molecule has 0 aliphatic carbocycles. The largest absolute Gasteiger partial charge is 0.493 e. The van der Waals surface area contributed by atoms with Gasteiger partial charge in [-0.05, 0) is 42.8 Å². The Morgan fingerprint density at radius 2 is 1.81 bits per heavy atom. The highest BCUT2D eigenvalue weighted by atomic mass is 32.1. The molecule has 0 fully saturated rings. The maximum absolute atomic E-state index is 13.0. The lowest BCUT2D eigenvalue weighted by Gasteiger charge is -2.13. The van der Waals surface area contributed by atoms with Crippen LogP contribution in [0.2, 0.25) is 0 Å². The second-order valence-electron chi connectivity index (χ2n) is 5.85. The minimum Gasteiger partial charge on any atom is -0.493 e. The molecule has 3 rings (SSSR count). The Kier molecular flexibility index (Phi) is 5.71. The van der Waals surface area contributed by atoms with Gasteiger partial charge in [-0.3, -0.25) is 4.79 Å². The molecule has 1 heterocycles. The fraction of sp³-hybridized carbons (Fsp3) is 0.200. The number of nitrogens with one attached hydrogen (secondary N) is 1. The van der Waals surface area contributed by atoms with Crippen molar-refractivity contribution >= 4 is 17.2 Å². The van der Waals surface area contributed by atoms with Gasteiger partial charge in [-0.2, -0.15) is 0 Å². The number of methoxy groups -OCH3 is 2. The van der Waals surface area contributed by atoms with Crippen molar-refractivity contribution in [2.24, 2.45) is 0 Å². The van der Waals surface area contributed by atoms with E-state index in [2.05, 4.69) is 10.3 Å². The summed E-state index contributed by atoms with van der Waals surface area (Å²) in [5.41, 5.74) is 1.99. The van der Waals surface area contributed by atoms with Gasteiger partial charge in [0.15, 0.2) is 11.5 Å². The molecule has 0 aliphatic heterocycles. The van der Waals surface area contributed by atoms with Crippen molar-refractivity contribution in [2.45, 2.75) is 13.0 Å². The van der Waals surface area contributed by atoms with Gasteiger partial charge in [0.05, 0.1) is 20.3 Å². The Hall–Kier alpha value is -2.93. The van der Waals surface area contributed by atoms with E-state index in [4.69, 9.17) is 9.47 Å². The quantitative estimate of drug-likeness (QED) is 0.680. The highest BCUT2D eigenvalue weighted by Gasteiger charge is 2.16. The standard InChI is InChI=1S/C20H19FN2O3S/c1-12(13-4-7-15(21)8-5-13)22-19(24)16-11-27-20(23-16)14-6-9-17(25-2)18(10-14)26-3/h4-12H,1-3H3,(H,22,24)/t12-/m1/s1. The molecule has 1 N–H and O–H groups in total. The van der Waals surface area contributed by atoms with E-state index in [1.807, 2.05) is 19.1 Å². The van der Waals surface area contributed by atoms with Crippen molar-refractivity contribution in [2.75, 3.05) is 14.2 Å². The van der Waals surface area contributed by atoms with Crippen molar-refractivity contribution in [1.82, 2.24) is 10.3 Å². The Bertz CT molecular complexity index is 941. The van der Waals surface area contributed by atoms with E-state index in [0.717, 1.165) is 11.1 Å². The van der Waals surface area contributed by atoms with Gasteiger partial charge in [0.25, 0.3) is 5.91 Å². The summed E-state index contributed by atoms with van der Waals surface area (Å²) in [6.45, 7) is 1.84. The first-order chi connectivity index (χ1) is 13.0. The van der Waals surface area contributed by atoms with Crippen LogP contribution in [-0.4, -0.2) is 25.1 Å². The Morgan fingerprint density at radius 3 is 2.48 bits per heavy atom. The number of ether oxygens (including phenoxy) is 2. The zero-order valence-electron chi connectivity index (χ0n) is 15.2. The average Bonchev–Trinajstić information content (AvgIpc) is 3.18. The number of thiazole rings is 1. The molecule has 1 atom stereocenters. The molecule has 27 heavy (non-hydrogen) atoms. The van der Waals surface area contributed by atoms with E-state index in [-0.39, 0.29) is 17.8 Å². The number of aromatic nitrogens is 1. The van der Waals surface area contributed by atoms with Crippen molar-refractivity contribution in [3.63, 3.8) is 0 Å². The molecular weight excluding hydrogens is 367 g/mol. The predicted molar refractivity (Wildman–Crippen MR) is 103 cm³/mol. The Morgan fingerprint density at radius 1 is 1.11 bits per heavy atom. The number of hydrogen-bond acceptors (Lipinski definition) is 5. The number of nitrogens with zero attached hydrogens (tertiary/aromatic N) is 1. The summed E-state index contributed by atoms with van der Waals surface area (Å²) in [7, 11) is 3.14. The third kappa shape index (κ3) is 4.25. The molecule has 0 saturated carbocycles. The van der Waals surface area contributed by atoms with E-state index in [9.17, 15) is 9.18 Å². The predicted octanol–water partition coefficient (Wildman–Crippen LogP) is 4.46. The minimum absolute atomic E-state index is 0.260. The Balaban J connectivity index is 1.75. The van der Waals surface area contributed by atoms with Crippen LogP contribution in [0.1, 0.15) is 29.0 Å². The number of amides is 1. The van der Waals surface area contributed by atoms with Gasteiger partial charge < -0.3 is 14.8 Å². The van der Waals surface area contributed by atoms with Gasteiger partial charge in [-0.15, -0.1) is 11.3 Å². The highest BCUT2D eigenvalue weighted by molar-refractivity contribution is 7.13. The van der Waals surface area contributed by atoms with Crippen molar-refractivity contribution < 1.29 is 18.7 Å². The molecule has 0 bridgehead atoms. The van der Waals surface area contributed by atoms with Crippen LogP contribution < -0.4 is 14.8 Å². The normalized spacial score (nSPS) is 11.7. The summed E-state index contributed by atoms with van der Waals surface area (Å²) < 4.78 is 23.6. The van der Waals surface area contributed by atoms with Crippen LogP contribution in [-0.2, 0) is 0 Å². The maximum Gasteiger partial charge on any atom is 0.271 e. The smallest absolute Gasteiger partial charge is 0.271 e. The molecule has 1 amide bonds. The Labute approximate surface area is 160 Å². The summed E-state index contributed by atoms with van der Waals surface area (Å²) in [6.07, 6.45) is 0. The third-order valence-corrected chi connectivity index (χ3v) is 4.98. The first kappa shape index (κ1) is 18.8. The van der Waals surface area contributed by atoms with Crippen LogP contribution in [0, 0.1) is 5.82 Å². The summed E-state index contributed by atoms with van der Waals surface area (Å²) in [6, 6.07) is 11.3.